The molecule has 2 heterocycles. The number of halogens is 1. The summed E-state index contributed by atoms with van der Waals surface area (Å²) in [6.45, 7) is 8.86. The number of hydrogen-bond donors (Lipinski definition) is 1. The molecule has 1 unspecified atom stereocenters. The first kappa shape index (κ1) is 19.6. The summed E-state index contributed by atoms with van der Waals surface area (Å²) in [6, 6.07) is 12.6. The third-order valence-electron chi connectivity index (χ3n) is 5.73. The molecule has 1 aliphatic heterocycles. The molecule has 152 valence electrons. The van der Waals surface area contributed by atoms with E-state index in [9.17, 15) is 9.18 Å². The zero-order valence-corrected chi connectivity index (χ0v) is 17.2. The highest BCUT2D eigenvalue weighted by molar-refractivity contribution is 5.97. The summed E-state index contributed by atoms with van der Waals surface area (Å²) in [4.78, 5) is 25.1. The monoisotopic (exact) mass is 394 g/mol. The number of benzene rings is 2. The van der Waals surface area contributed by atoms with Crippen molar-refractivity contribution >= 4 is 16.9 Å². The molecule has 0 aliphatic carbocycles. The van der Waals surface area contributed by atoms with Gasteiger partial charge in [-0.1, -0.05) is 32.0 Å². The van der Waals surface area contributed by atoms with E-state index in [1.165, 1.54) is 6.07 Å². The van der Waals surface area contributed by atoms with Crippen LogP contribution in [0.3, 0.4) is 0 Å². The second-order valence-electron chi connectivity index (χ2n) is 8.19. The van der Waals surface area contributed by atoms with Gasteiger partial charge in [0, 0.05) is 43.3 Å². The molecule has 4 rings (SSSR count). The fourth-order valence-corrected chi connectivity index (χ4v) is 4.14. The number of carbonyl (C=O) groups is 1. The molecule has 29 heavy (non-hydrogen) atoms. The van der Waals surface area contributed by atoms with Crippen molar-refractivity contribution in [2.75, 3.05) is 19.6 Å². The fourth-order valence-electron chi connectivity index (χ4n) is 4.14. The Balaban J connectivity index is 1.52. The van der Waals surface area contributed by atoms with Crippen LogP contribution < -0.4 is 0 Å². The normalized spacial score (nSPS) is 18.0. The zero-order valence-electron chi connectivity index (χ0n) is 17.2. The van der Waals surface area contributed by atoms with Gasteiger partial charge in [0.1, 0.15) is 11.6 Å². The molecule has 1 N–H and O–H groups in total. The minimum Gasteiger partial charge on any atom is -0.342 e. The van der Waals surface area contributed by atoms with Crippen molar-refractivity contribution < 1.29 is 9.18 Å². The number of fused-ring (bicyclic) bond motifs is 1. The lowest BCUT2D eigenvalue weighted by Gasteiger charge is -2.43. The van der Waals surface area contributed by atoms with Crippen LogP contribution in [-0.4, -0.2) is 51.4 Å². The van der Waals surface area contributed by atoms with Crippen molar-refractivity contribution in [2.24, 2.45) is 5.92 Å². The average molecular weight is 394 g/mol. The number of aromatic amines is 1. The highest BCUT2D eigenvalue weighted by Gasteiger charge is 2.33. The molecule has 1 fully saturated rings. The van der Waals surface area contributed by atoms with E-state index in [4.69, 9.17) is 0 Å². The molecule has 3 aromatic rings. The van der Waals surface area contributed by atoms with E-state index >= 15 is 0 Å². The number of aromatic nitrogens is 2. The van der Waals surface area contributed by atoms with Gasteiger partial charge in [-0.2, -0.15) is 0 Å². The quantitative estimate of drug-likeness (QED) is 0.728. The van der Waals surface area contributed by atoms with Gasteiger partial charge in [-0.15, -0.1) is 0 Å². The van der Waals surface area contributed by atoms with E-state index in [-0.39, 0.29) is 17.8 Å². The molecule has 1 aromatic heterocycles. The maximum atomic E-state index is 14.1. The topological polar surface area (TPSA) is 52.2 Å². The SMILES string of the molecule is Cc1nc2ccc(C(=O)N3CCN(Cc4ccccc4F)CC3C(C)C)cc2[nH]1. The number of aryl methyl sites for hydroxylation is 1. The van der Waals surface area contributed by atoms with Gasteiger partial charge in [-0.05, 0) is 37.1 Å². The van der Waals surface area contributed by atoms with E-state index in [0.29, 0.717) is 30.1 Å². The molecule has 1 atom stereocenters. The van der Waals surface area contributed by atoms with Crippen molar-refractivity contribution in [1.82, 2.24) is 19.8 Å². The number of amides is 1. The van der Waals surface area contributed by atoms with Gasteiger partial charge >= 0.3 is 0 Å². The number of hydrogen-bond acceptors (Lipinski definition) is 3. The van der Waals surface area contributed by atoms with E-state index in [1.807, 2.05) is 42.2 Å². The Bertz CT molecular complexity index is 1030. The lowest BCUT2D eigenvalue weighted by molar-refractivity contribution is 0.0326. The van der Waals surface area contributed by atoms with Crippen molar-refractivity contribution in [2.45, 2.75) is 33.4 Å². The van der Waals surface area contributed by atoms with E-state index in [0.717, 1.165) is 29.9 Å². The lowest BCUT2D eigenvalue weighted by atomic mass is 9.98. The fraction of sp³-hybridized carbons (Fsp3) is 0.391. The first-order chi connectivity index (χ1) is 13.9. The molecule has 2 aromatic carbocycles. The Morgan fingerprint density at radius 2 is 2.03 bits per heavy atom. The summed E-state index contributed by atoms with van der Waals surface area (Å²) in [7, 11) is 0. The van der Waals surface area contributed by atoms with Crippen molar-refractivity contribution in [3.8, 4) is 0 Å². The van der Waals surface area contributed by atoms with Crippen LogP contribution in [0.5, 0.6) is 0 Å². The number of carbonyl (C=O) groups excluding carboxylic acids is 1. The standard InChI is InChI=1S/C23H27FN4O/c1-15(2)22-14-27(13-18-6-4-5-7-19(18)24)10-11-28(22)23(29)17-8-9-20-21(12-17)26-16(3)25-20/h4-9,12,15,22H,10-11,13-14H2,1-3H3,(H,25,26). The molecular formula is C23H27FN4O. The van der Waals surface area contributed by atoms with Crippen LogP contribution in [0.1, 0.15) is 35.6 Å². The Labute approximate surface area is 170 Å². The van der Waals surface area contributed by atoms with Gasteiger partial charge in [0.05, 0.1) is 11.0 Å². The summed E-state index contributed by atoms with van der Waals surface area (Å²) in [5, 5.41) is 0. The van der Waals surface area contributed by atoms with Crippen molar-refractivity contribution in [1.29, 1.82) is 0 Å². The number of nitrogens with zero attached hydrogens (tertiary/aromatic N) is 3. The zero-order chi connectivity index (χ0) is 20.5. The third kappa shape index (κ3) is 4.03. The molecule has 1 saturated heterocycles. The summed E-state index contributed by atoms with van der Waals surface area (Å²) >= 11 is 0. The minimum absolute atomic E-state index is 0.0448. The van der Waals surface area contributed by atoms with Gasteiger partial charge < -0.3 is 9.88 Å². The predicted octanol–water partition coefficient (Wildman–Crippen LogP) is 3.99. The van der Waals surface area contributed by atoms with Crippen LogP contribution in [0.4, 0.5) is 4.39 Å². The van der Waals surface area contributed by atoms with Crippen molar-refractivity contribution in [3.63, 3.8) is 0 Å². The number of imidazole rings is 1. The van der Waals surface area contributed by atoms with E-state index < -0.39 is 0 Å². The molecule has 0 radical (unpaired) electrons. The summed E-state index contributed by atoms with van der Waals surface area (Å²) < 4.78 is 14.1. The highest BCUT2D eigenvalue weighted by atomic mass is 19.1. The Kier molecular flexibility index (Phi) is 5.37. The molecule has 0 saturated carbocycles. The van der Waals surface area contributed by atoms with E-state index in [2.05, 4.69) is 28.7 Å². The maximum Gasteiger partial charge on any atom is 0.254 e. The second kappa shape index (κ2) is 7.95. The molecule has 5 nitrogen and oxygen atoms in total. The smallest absolute Gasteiger partial charge is 0.254 e. The molecule has 6 heteroatoms. The average Bonchev–Trinajstić information content (AvgIpc) is 3.08. The summed E-state index contributed by atoms with van der Waals surface area (Å²) in [5.74, 6) is 1.02. The van der Waals surface area contributed by atoms with Gasteiger partial charge in [0.25, 0.3) is 5.91 Å². The highest BCUT2D eigenvalue weighted by Crippen LogP contribution is 2.23. The van der Waals surface area contributed by atoms with Crippen molar-refractivity contribution in [3.05, 3.63) is 65.2 Å². The number of rotatable bonds is 4. The Hall–Kier alpha value is -2.73. The van der Waals surface area contributed by atoms with Crippen LogP contribution in [0.15, 0.2) is 42.5 Å². The Morgan fingerprint density at radius 1 is 1.24 bits per heavy atom. The van der Waals surface area contributed by atoms with Gasteiger partial charge in [-0.3, -0.25) is 9.69 Å². The lowest BCUT2D eigenvalue weighted by Crippen LogP contribution is -2.56. The van der Waals surface area contributed by atoms with E-state index in [1.54, 1.807) is 6.07 Å². The predicted molar refractivity (Wildman–Crippen MR) is 112 cm³/mol. The number of nitrogens with one attached hydrogen (secondary N) is 1. The Morgan fingerprint density at radius 3 is 2.79 bits per heavy atom. The van der Waals surface area contributed by atoms with Crippen LogP contribution in [0.25, 0.3) is 11.0 Å². The number of piperazine rings is 1. The molecule has 0 spiro atoms. The molecule has 1 amide bonds. The largest absolute Gasteiger partial charge is 0.342 e. The van der Waals surface area contributed by atoms with Gasteiger partial charge in [0.15, 0.2) is 0 Å². The van der Waals surface area contributed by atoms with Gasteiger partial charge in [0.2, 0.25) is 0 Å². The molecule has 0 bridgehead atoms. The molecule has 1 aliphatic rings. The maximum absolute atomic E-state index is 14.1. The van der Waals surface area contributed by atoms with Crippen LogP contribution in [0, 0.1) is 18.7 Å². The van der Waals surface area contributed by atoms with Crippen LogP contribution in [0.2, 0.25) is 0 Å². The van der Waals surface area contributed by atoms with Crippen LogP contribution in [-0.2, 0) is 6.54 Å². The summed E-state index contributed by atoms with van der Waals surface area (Å²) in [6.07, 6.45) is 0. The minimum atomic E-state index is -0.171. The first-order valence-electron chi connectivity index (χ1n) is 10.2. The van der Waals surface area contributed by atoms with Crippen LogP contribution >= 0.6 is 0 Å². The first-order valence-corrected chi connectivity index (χ1v) is 10.2. The molecular weight excluding hydrogens is 367 g/mol. The van der Waals surface area contributed by atoms with Gasteiger partial charge in [-0.25, -0.2) is 9.37 Å². The summed E-state index contributed by atoms with van der Waals surface area (Å²) in [5.41, 5.74) is 3.13. The second-order valence-corrected chi connectivity index (χ2v) is 8.19. The third-order valence-corrected chi connectivity index (χ3v) is 5.73. The number of H-pyrrole nitrogens is 1.